The number of hydrogen-bond donors (Lipinski definition) is 1. The van der Waals surface area contributed by atoms with Crippen LogP contribution in [-0.4, -0.2) is 57.0 Å². The number of carbonyl (C=O) groups excluding carboxylic acids is 1. The van der Waals surface area contributed by atoms with E-state index in [4.69, 9.17) is 0 Å². The number of rotatable bonds is 5. The molecule has 2 fully saturated rings. The summed E-state index contributed by atoms with van der Waals surface area (Å²) in [4.78, 5) is 33.1. The first-order valence-corrected chi connectivity index (χ1v) is 15.0. The van der Waals surface area contributed by atoms with Crippen molar-refractivity contribution in [1.29, 1.82) is 0 Å². The molecule has 0 unspecified atom stereocenters. The second-order valence-corrected chi connectivity index (χ2v) is 11.9. The van der Waals surface area contributed by atoms with Crippen molar-refractivity contribution in [1.82, 2.24) is 19.4 Å². The van der Waals surface area contributed by atoms with E-state index in [0.717, 1.165) is 42.5 Å². The number of fused-ring (bicyclic) bond motifs is 1. The number of carbonyl (C=O) groups is 1. The number of hydrogen-bond acceptors (Lipinski definition) is 3. The molecule has 2 atom stereocenters. The zero-order valence-corrected chi connectivity index (χ0v) is 24.2. The molecule has 0 aliphatic carbocycles. The van der Waals surface area contributed by atoms with E-state index in [1.54, 1.807) is 0 Å². The van der Waals surface area contributed by atoms with Gasteiger partial charge in [0.1, 0.15) is 0 Å². The topological polar surface area (TPSA) is 61.3 Å². The molecule has 3 aromatic carbocycles. The highest BCUT2D eigenvalue weighted by Crippen LogP contribution is 2.38. The normalized spacial score (nSPS) is 20.5. The number of aromatic nitrogens is 2. The number of aromatic amines is 1. The van der Waals surface area contributed by atoms with Crippen molar-refractivity contribution < 1.29 is 31.1 Å². The van der Waals surface area contributed by atoms with Crippen LogP contribution in [0.25, 0.3) is 11.0 Å². The van der Waals surface area contributed by atoms with Gasteiger partial charge in [0.2, 0.25) is 0 Å². The number of alkyl halides is 6. The minimum absolute atomic E-state index is 0.0235. The van der Waals surface area contributed by atoms with Crippen molar-refractivity contribution in [3.8, 4) is 0 Å². The summed E-state index contributed by atoms with van der Waals surface area (Å²) in [6, 6.07) is 17.6. The van der Waals surface area contributed by atoms with Crippen molar-refractivity contribution in [2.45, 2.75) is 62.6 Å². The predicted octanol–water partition coefficient (Wildman–Crippen LogP) is 6.92. The van der Waals surface area contributed by atoms with Crippen LogP contribution < -0.4 is 5.69 Å². The number of amides is 1. The van der Waals surface area contributed by atoms with Gasteiger partial charge >= 0.3 is 18.0 Å². The molecule has 6 nitrogen and oxygen atoms in total. The van der Waals surface area contributed by atoms with Gasteiger partial charge in [-0.05, 0) is 68.0 Å². The lowest BCUT2D eigenvalue weighted by atomic mass is 9.89. The summed E-state index contributed by atoms with van der Waals surface area (Å²) < 4.78 is 83.2. The highest BCUT2D eigenvalue weighted by atomic mass is 19.4. The number of likely N-dealkylation sites (tertiary alicyclic amines) is 2. The van der Waals surface area contributed by atoms with E-state index in [1.165, 1.54) is 4.90 Å². The minimum Gasteiger partial charge on any atom is -0.335 e. The summed E-state index contributed by atoms with van der Waals surface area (Å²) in [6.45, 7) is 1.63. The van der Waals surface area contributed by atoms with Gasteiger partial charge in [0.15, 0.2) is 0 Å². The van der Waals surface area contributed by atoms with Crippen LogP contribution in [0.3, 0.4) is 0 Å². The number of H-pyrrole nitrogens is 1. The van der Waals surface area contributed by atoms with Crippen LogP contribution in [0.1, 0.15) is 58.8 Å². The van der Waals surface area contributed by atoms with Crippen LogP contribution in [0.15, 0.2) is 77.6 Å². The zero-order valence-electron chi connectivity index (χ0n) is 24.2. The van der Waals surface area contributed by atoms with Gasteiger partial charge in [-0.15, -0.1) is 0 Å². The highest BCUT2D eigenvalue weighted by Gasteiger charge is 2.40. The standard InChI is InChI=1S/C33H32F6N4O2/c34-32(35,36)23-17-22(18-24(19-23)33(37,38)39)30(44)42-15-12-26(20-27(42)16-21-6-2-1-3-7-21)41-13-10-25(11-14-41)43-29-9-5-4-8-28(29)40-31(43)45/h1-9,17-19,25-27H,10-16,20H2,(H,40,45)/t26-,27+/m1/s1. The lowest BCUT2D eigenvalue weighted by Gasteiger charge is -2.45. The fraction of sp³-hybridized carbons (Fsp3) is 0.394. The van der Waals surface area contributed by atoms with E-state index < -0.39 is 41.0 Å². The Kier molecular flexibility index (Phi) is 8.28. The molecular formula is C33H32F6N4O2. The Labute approximate surface area is 255 Å². The molecule has 2 aliphatic rings. The molecule has 0 bridgehead atoms. The van der Waals surface area contributed by atoms with Gasteiger partial charge in [-0.1, -0.05) is 42.5 Å². The lowest BCUT2D eigenvalue weighted by Crippen LogP contribution is -2.54. The van der Waals surface area contributed by atoms with Crippen LogP contribution in [0, 0.1) is 0 Å². The average Bonchev–Trinajstić information content (AvgIpc) is 3.36. The Morgan fingerprint density at radius 2 is 1.38 bits per heavy atom. The molecule has 12 heteroatoms. The lowest BCUT2D eigenvalue weighted by molar-refractivity contribution is -0.143. The van der Waals surface area contributed by atoms with Crippen LogP contribution >= 0.6 is 0 Å². The monoisotopic (exact) mass is 630 g/mol. The number of nitrogens with one attached hydrogen (secondary N) is 1. The molecule has 1 aromatic heterocycles. The predicted molar refractivity (Wildman–Crippen MR) is 157 cm³/mol. The van der Waals surface area contributed by atoms with E-state index in [1.807, 2.05) is 59.2 Å². The van der Waals surface area contributed by atoms with Gasteiger partial charge in [0, 0.05) is 43.3 Å². The van der Waals surface area contributed by atoms with Gasteiger partial charge in [0.05, 0.1) is 22.2 Å². The van der Waals surface area contributed by atoms with Gasteiger partial charge in [0.25, 0.3) is 5.91 Å². The zero-order chi connectivity index (χ0) is 31.9. The fourth-order valence-corrected chi connectivity index (χ4v) is 6.90. The van der Waals surface area contributed by atoms with Gasteiger partial charge in [-0.2, -0.15) is 26.3 Å². The molecule has 6 rings (SSSR count). The maximum atomic E-state index is 13.7. The van der Waals surface area contributed by atoms with Crippen molar-refractivity contribution in [2.24, 2.45) is 0 Å². The molecule has 2 aliphatic heterocycles. The number of nitrogens with zero attached hydrogens (tertiary/aromatic N) is 3. The molecule has 0 radical (unpaired) electrons. The van der Waals surface area contributed by atoms with Crippen LogP contribution in [0.2, 0.25) is 0 Å². The van der Waals surface area contributed by atoms with Crippen molar-refractivity contribution in [3.05, 3.63) is 106 Å². The smallest absolute Gasteiger partial charge is 0.335 e. The Balaban J connectivity index is 1.22. The Morgan fingerprint density at radius 1 is 0.778 bits per heavy atom. The molecule has 45 heavy (non-hydrogen) atoms. The number of benzene rings is 3. The van der Waals surface area contributed by atoms with Crippen LogP contribution in [-0.2, 0) is 18.8 Å². The van der Waals surface area contributed by atoms with E-state index in [-0.39, 0.29) is 30.4 Å². The van der Waals surface area contributed by atoms with Crippen molar-refractivity contribution in [2.75, 3.05) is 19.6 Å². The molecular weight excluding hydrogens is 598 g/mol. The maximum absolute atomic E-state index is 13.7. The third-order valence-electron chi connectivity index (χ3n) is 9.10. The SMILES string of the molecule is O=C(c1cc(C(F)(F)F)cc(C(F)(F)F)c1)N1CC[C@@H](N2CCC(n3c(=O)[nH]c4ccccc43)CC2)C[C@@H]1Cc1ccccc1. The first kappa shape index (κ1) is 30.9. The average molecular weight is 631 g/mol. The van der Waals surface area contributed by atoms with Gasteiger partial charge in [-0.3, -0.25) is 9.36 Å². The van der Waals surface area contributed by atoms with E-state index in [2.05, 4.69) is 9.88 Å². The molecule has 2 saturated heterocycles. The summed E-state index contributed by atoms with van der Waals surface area (Å²) in [5.41, 5.74) is -1.22. The van der Waals surface area contributed by atoms with Crippen LogP contribution in [0.4, 0.5) is 26.3 Å². The first-order valence-electron chi connectivity index (χ1n) is 15.0. The van der Waals surface area contributed by atoms with Crippen molar-refractivity contribution in [3.63, 3.8) is 0 Å². The second-order valence-electron chi connectivity index (χ2n) is 11.9. The largest absolute Gasteiger partial charge is 0.416 e. The molecule has 4 aromatic rings. The number of imidazole rings is 1. The first-order chi connectivity index (χ1) is 21.4. The van der Waals surface area contributed by atoms with Gasteiger partial charge < -0.3 is 14.8 Å². The third kappa shape index (κ3) is 6.51. The fourth-order valence-electron chi connectivity index (χ4n) is 6.90. The summed E-state index contributed by atoms with van der Waals surface area (Å²) >= 11 is 0. The summed E-state index contributed by atoms with van der Waals surface area (Å²) in [5.74, 6) is -0.844. The molecule has 0 spiro atoms. The second kappa shape index (κ2) is 12.0. The van der Waals surface area contributed by atoms with E-state index in [0.29, 0.717) is 31.4 Å². The van der Waals surface area contributed by atoms with Crippen LogP contribution in [0.5, 0.6) is 0 Å². The quantitative estimate of drug-likeness (QED) is 0.244. The molecule has 3 heterocycles. The highest BCUT2D eigenvalue weighted by molar-refractivity contribution is 5.95. The summed E-state index contributed by atoms with van der Waals surface area (Å²) in [6.07, 6.45) is -7.14. The summed E-state index contributed by atoms with van der Waals surface area (Å²) in [7, 11) is 0. The third-order valence-corrected chi connectivity index (χ3v) is 9.10. The number of halogens is 6. The molecule has 238 valence electrons. The number of para-hydroxylation sites is 2. The maximum Gasteiger partial charge on any atom is 0.416 e. The number of piperidine rings is 2. The molecule has 1 amide bonds. The Hall–Kier alpha value is -4.06. The molecule has 1 N–H and O–H groups in total. The summed E-state index contributed by atoms with van der Waals surface area (Å²) in [5, 5.41) is 0. The van der Waals surface area contributed by atoms with Gasteiger partial charge in [-0.25, -0.2) is 4.79 Å². The van der Waals surface area contributed by atoms with Crippen molar-refractivity contribution >= 4 is 16.9 Å². The van der Waals surface area contributed by atoms with E-state index in [9.17, 15) is 35.9 Å². The Bertz CT molecular complexity index is 1690. The molecule has 0 saturated carbocycles. The van der Waals surface area contributed by atoms with E-state index >= 15 is 0 Å². The Morgan fingerprint density at radius 3 is 2.02 bits per heavy atom. The minimum atomic E-state index is -5.04.